The number of rotatable bonds is 7. The Morgan fingerprint density at radius 2 is 1.86 bits per heavy atom. The normalized spacial score (nSPS) is 19.7. The molecule has 1 aliphatic heterocycles. The molecule has 1 aromatic rings. The molecule has 118 valence electrons. The fourth-order valence-electron chi connectivity index (χ4n) is 2.06. The summed E-state index contributed by atoms with van der Waals surface area (Å²) in [4.78, 5) is 0.121. The summed E-state index contributed by atoms with van der Waals surface area (Å²) in [5.41, 5.74) is 0. The molecule has 1 heterocycles. The second kappa shape index (κ2) is 6.84. The first kappa shape index (κ1) is 16.4. The lowest BCUT2D eigenvalue weighted by atomic mass is 10.3. The van der Waals surface area contributed by atoms with Gasteiger partial charge in [-0.3, -0.25) is 0 Å². The van der Waals surface area contributed by atoms with Crippen molar-refractivity contribution in [1.82, 2.24) is 14.8 Å². The van der Waals surface area contributed by atoms with E-state index in [9.17, 15) is 16.8 Å². The molecule has 1 atom stereocenters. The number of nitrogens with one attached hydrogen (secondary N) is 3. The van der Waals surface area contributed by atoms with Crippen LogP contribution in [0.5, 0.6) is 0 Å². The van der Waals surface area contributed by atoms with Crippen LogP contribution in [0, 0.1) is 0 Å². The lowest BCUT2D eigenvalue weighted by molar-refractivity contribution is 0.558. The number of hydrogen-bond acceptors (Lipinski definition) is 5. The van der Waals surface area contributed by atoms with Crippen LogP contribution in [0.3, 0.4) is 0 Å². The Bertz CT molecular complexity index is 653. The molecule has 0 bridgehead atoms. The van der Waals surface area contributed by atoms with E-state index >= 15 is 0 Å². The minimum absolute atomic E-state index is 0.110. The maximum atomic E-state index is 11.9. The first-order valence-electron chi connectivity index (χ1n) is 6.64. The molecule has 1 unspecified atom stereocenters. The Labute approximate surface area is 125 Å². The molecule has 2 rings (SSSR count). The lowest BCUT2D eigenvalue weighted by Crippen LogP contribution is -2.40. The summed E-state index contributed by atoms with van der Waals surface area (Å²) in [7, 11) is -7.15. The zero-order chi connectivity index (χ0) is 15.3. The molecule has 1 aliphatic rings. The van der Waals surface area contributed by atoms with Crippen molar-refractivity contribution in [3.05, 3.63) is 30.3 Å². The smallest absolute Gasteiger partial charge is 0.240 e. The van der Waals surface area contributed by atoms with Crippen molar-refractivity contribution in [3.8, 4) is 0 Å². The van der Waals surface area contributed by atoms with Gasteiger partial charge in [-0.1, -0.05) is 18.2 Å². The summed E-state index contributed by atoms with van der Waals surface area (Å²) in [5.74, 6) is -0.282. The molecule has 0 aliphatic carbocycles. The summed E-state index contributed by atoms with van der Waals surface area (Å²) in [6.07, 6.45) is 0.745. The van der Waals surface area contributed by atoms with Crippen molar-refractivity contribution >= 4 is 20.0 Å². The van der Waals surface area contributed by atoms with E-state index in [1.165, 1.54) is 12.1 Å². The molecule has 0 spiro atoms. The van der Waals surface area contributed by atoms with Gasteiger partial charge in [0.05, 0.1) is 10.6 Å². The van der Waals surface area contributed by atoms with Crippen LogP contribution in [0.2, 0.25) is 0 Å². The fraction of sp³-hybridized carbons (Fsp3) is 0.500. The average Bonchev–Trinajstić information content (AvgIpc) is 2.91. The number of sulfonamides is 2. The second-order valence-electron chi connectivity index (χ2n) is 4.84. The molecular weight excluding hydrogens is 314 g/mol. The van der Waals surface area contributed by atoms with Gasteiger partial charge in [0, 0.05) is 19.1 Å². The second-order valence-corrected chi connectivity index (χ2v) is 8.48. The molecule has 0 saturated carbocycles. The van der Waals surface area contributed by atoms with Crippen molar-refractivity contribution in [2.24, 2.45) is 0 Å². The Balaban J connectivity index is 1.86. The first-order chi connectivity index (χ1) is 9.89. The van der Waals surface area contributed by atoms with Gasteiger partial charge >= 0.3 is 0 Å². The van der Waals surface area contributed by atoms with E-state index in [1.807, 2.05) is 0 Å². The van der Waals surface area contributed by atoms with E-state index in [0.717, 1.165) is 13.0 Å². The SMILES string of the molecule is O=S(=O)(CCNS(=O)(=O)c1ccccc1)NC1CCNC1. The topological polar surface area (TPSA) is 104 Å². The van der Waals surface area contributed by atoms with Gasteiger partial charge in [-0.2, -0.15) is 0 Å². The van der Waals surface area contributed by atoms with Crippen molar-refractivity contribution < 1.29 is 16.8 Å². The van der Waals surface area contributed by atoms with E-state index in [2.05, 4.69) is 14.8 Å². The highest BCUT2D eigenvalue weighted by Crippen LogP contribution is 2.06. The summed E-state index contributed by atoms with van der Waals surface area (Å²) >= 11 is 0. The van der Waals surface area contributed by atoms with Crippen molar-refractivity contribution in [3.63, 3.8) is 0 Å². The Kier molecular flexibility index (Phi) is 5.33. The van der Waals surface area contributed by atoms with Crippen LogP contribution in [0.4, 0.5) is 0 Å². The molecule has 3 N–H and O–H groups in total. The molecule has 0 radical (unpaired) electrons. The van der Waals surface area contributed by atoms with Crippen LogP contribution in [-0.4, -0.2) is 48.3 Å². The number of benzene rings is 1. The quantitative estimate of drug-likeness (QED) is 0.609. The maximum Gasteiger partial charge on any atom is 0.240 e. The monoisotopic (exact) mass is 333 g/mol. The summed E-state index contributed by atoms with van der Waals surface area (Å²) in [6.45, 7) is 1.23. The van der Waals surface area contributed by atoms with Crippen molar-refractivity contribution in [1.29, 1.82) is 0 Å². The minimum Gasteiger partial charge on any atom is -0.315 e. The standard InChI is InChI=1S/C12H19N3O4S2/c16-20(17,15-11-6-7-13-10-11)9-8-14-21(18,19)12-4-2-1-3-5-12/h1-5,11,13-15H,6-10H2. The lowest BCUT2D eigenvalue weighted by Gasteiger charge is -2.12. The molecule has 1 fully saturated rings. The summed E-state index contributed by atoms with van der Waals surface area (Å²) in [6, 6.07) is 7.74. The molecule has 1 saturated heterocycles. The third kappa shape index (κ3) is 5.04. The summed E-state index contributed by atoms with van der Waals surface area (Å²) < 4.78 is 52.4. The van der Waals surface area contributed by atoms with Gasteiger partial charge in [-0.05, 0) is 25.1 Å². The van der Waals surface area contributed by atoms with Crippen LogP contribution < -0.4 is 14.8 Å². The summed E-state index contributed by atoms with van der Waals surface area (Å²) in [5, 5.41) is 3.06. The Morgan fingerprint density at radius 3 is 2.48 bits per heavy atom. The maximum absolute atomic E-state index is 11.9. The third-order valence-electron chi connectivity index (χ3n) is 3.12. The largest absolute Gasteiger partial charge is 0.315 e. The molecule has 9 heteroatoms. The van der Waals surface area contributed by atoms with Crippen LogP contribution in [0.1, 0.15) is 6.42 Å². The van der Waals surface area contributed by atoms with Gasteiger partial charge in [-0.15, -0.1) is 0 Å². The number of hydrogen-bond donors (Lipinski definition) is 3. The Hall–Kier alpha value is -1.00. The van der Waals surface area contributed by atoms with Gasteiger partial charge < -0.3 is 5.32 Å². The van der Waals surface area contributed by atoms with Gasteiger partial charge in [0.1, 0.15) is 0 Å². The first-order valence-corrected chi connectivity index (χ1v) is 9.78. The molecular formula is C12H19N3O4S2. The zero-order valence-electron chi connectivity index (χ0n) is 11.4. The van der Waals surface area contributed by atoms with Gasteiger partial charge in [0.15, 0.2) is 0 Å². The highest BCUT2D eigenvalue weighted by atomic mass is 32.2. The average molecular weight is 333 g/mol. The van der Waals surface area contributed by atoms with Crippen LogP contribution in [0.25, 0.3) is 0 Å². The van der Waals surface area contributed by atoms with Crippen molar-refractivity contribution in [2.45, 2.75) is 17.4 Å². The highest BCUT2D eigenvalue weighted by Gasteiger charge is 2.21. The highest BCUT2D eigenvalue weighted by molar-refractivity contribution is 7.90. The van der Waals surface area contributed by atoms with Gasteiger partial charge in [-0.25, -0.2) is 26.3 Å². The fourth-order valence-corrected chi connectivity index (χ4v) is 4.44. The van der Waals surface area contributed by atoms with E-state index in [1.54, 1.807) is 18.2 Å². The molecule has 21 heavy (non-hydrogen) atoms. The van der Waals surface area contributed by atoms with E-state index in [0.29, 0.717) is 6.54 Å². The predicted molar refractivity (Wildman–Crippen MR) is 79.8 cm³/mol. The van der Waals surface area contributed by atoms with Crippen LogP contribution >= 0.6 is 0 Å². The van der Waals surface area contributed by atoms with Gasteiger partial charge in [0.25, 0.3) is 0 Å². The molecule has 0 amide bonds. The third-order valence-corrected chi connectivity index (χ3v) is 6.03. The molecule has 7 nitrogen and oxygen atoms in total. The van der Waals surface area contributed by atoms with E-state index < -0.39 is 20.0 Å². The van der Waals surface area contributed by atoms with Crippen LogP contribution in [0.15, 0.2) is 35.2 Å². The Morgan fingerprint density at radius 1 is 1.14 bits per heavy atom. The van der Waals surface area contributed by atoms with Crippen LogP contribution in [-0.2, 0) is 20.0 Å². The van der Waals surface area contributed by atoms with E-state index in [-0.39, 0.29) is 23.2 Å². The predicted octanol–water partition coefficient (Wildman–Crippen LogP) is -0.754. The molecule has 1 aromatic carbocycles. The van der Waals surface area contributed by atoms with Gasteiger partial charge in [0.2, 0.25) is 20.0 Å². The zero-order valence-corrected chi connectivity index (χ0v) is 13.1. The van der Waals surface area contributed by atoms with E-state index in [4.69, 9.17) is 0 Å². The minimum atomic E-state index is -3.66. The van der Waals surface area contributed by atoms with Crippen molar-refractivity contribution in [2.75, 3.05) is 25.4 Å². The molecule has 0 aromatic heterocycles.